The van der Waals surface area contributed by atoms with Crippen LogP contribution in [0.25, 0.3) is 85.0 Å². The highest BCUT2D eigenvalue weighted by Crippen LogP contribution is 2.49. The van der Waals surface area contributed by atoms with Crippen molar-refractivity contribution in [2.45, 2.75) is 65.2 Å². The predicted octanol–water partition coefficient (Wildman–Crippen LogP) is 15.6. The van der Waals surface area contributed by atoms with E-state index in [9.17, 15) is 0 Å². The Labute approximate surface area is 350 Å². The van der Waals surface area contributed by atoms with Gasteiger partial charge in [-0.1, -0.05) is 75.9 Å². The van der Waals surface area contributed by atoms with Gasteiger partial charge in [-0.2, -0.15) is 8.75 Å². The smallest absolute Gasteiger partial charge is 0.132 e. The third kappa shape index (κ3) is 7.52. The molecule has 9 aromatic rings. The summed E-state index contributed by atoms with van der Waals surface area (Å²) >= 11 is 7.46. The van der Waals surface area contributed by atoms with E-state index in [1.807, 2.05) is 60.7 Å². The number of nitrogens with zero attached hydrogens (tertiary/aromatic N) is 4. The first-order chi connectivity index (χ1) is 28.0. The molecule has 3 aromatic carbocycles. The highest BCUT2D eigenvalue weighted by atomic mass is 32.1. The van der Waals surface area contributed by atoms with Crippen LogP contribution in [0, 0.1) is 11.6 Å². The van der Waals surface area contributed by atoms with Crippen molar-refractivity contribution in [1.29, 1.82) is 0 Å². The molecular formula is C46H38F2N4S5. The maximum absolute atomic E-state index is 15.7. The van der Waals surface area contributed by atoms with Crippen LogP contribution in [-0.4, -0.2) is 18.7 Å². The number of hydrogen-bond acceptors (Lipinski definition) is 9. The Bertz CT molecular complexity index is 2630. The number of fused-ring (bicyclic) bond motifs is 2. The van der Waals surface area contributed by atoms with Gasteiger partial charge < -0.3 is 0 Å². The molecule has 11 heteroatoms. The SMILES string of the molecule is CCCCCc1ccc(-c2ccc(-c3c4nsnc4c(-c4ccc(-c5ccc(CCCCC)cc5F)s4)c4nc(-c5cccs5)c(-c5cccs5)nc34)s2)c(F)c1. The summed E-state index contributed by atoms with van der Waals surface area (Å²) in [6, 6.07) is 27.6. The Morgan fingerprint density at radius 3 is 1.35 bits per heavy atom. The quantitative estimate of drug-likeness (QED) is 0.102. The molecule has 0 amide bonds. The van der Waals surface area contributed by atoms with Gasteiger partial charge in [0.15, 0.2) is 0 Å². The van der Waals surface area contributed by atoms with Gasteiger partial charge in [-0.05, 0) is 96.1 Å². The molecule has 6 aromatic heterocycles. The first kappa shape index (κ1) is 38.0. The van der Waals surface area contributed by atoms with Crippen LogP contribution in [0.1, 0.15) is 63.5 Å². The summed E-state index contributed by atoms with van der Waals surface area (Å²) in [5.74, 6) is -0.427. The van der Waals surface area contributed by atoms with Crippen molar-refractivity contribution in [2.24, 2.45) is 0 Å². The highest BCUT2D eigenvalue weighted by Gasteiger charge is 2.27. The molecule has 0 N–H and O–H groups in total. The minimum atomic E-state index is -0.213. The van der Waals surface area contributed by atoms with Crippen molar-refractivity contribution < 1.29 is 8.78 Å². The van der Waals surface area contributed by atoms with Crippen molar-refractivity contribution in [1.82, 2.24) is 18.7 Å². The van der Waals surface area contributed by atoms with E-state index in [1.54, 1.807) is 34.8 Å². The second-order valence-corrected chi connectivity index (χ2v) is 18.7. The van der Waals surface area contributed by atoms with Gasteiger partial charge in [0.25, 0.3) is 0 Å². The average Bonchev–Trinajstić information content (AvgIpc) is 4.07. The molecule has 4 nitrogen and oxygen atoms in total. The second-order valence-electron chi connectivity index (χ2n) is 14.2. The Morgan fingerprint density at radius 1 is 0.491 bits per heavy atom. The van der Waals surface area contributed by atoms with Crippen molar-refractivity contribution >= 4 is 79.1 Å². The van der Waals surface area contributed by atoms with Gasteiger partial charge in [0.05, 0.1) is 21.5 Å². The first-order valence-corrected chi connectivity index (χ1v) is 23.5. The summed E-state index contributed by atoms with van der Waals surface area (Å²) in [7, 11) is 0. The van der Waals surface area contributed by atoms with Crippen LogP contribution in [0.2, 0.25) is 0 Å². The lowest BCUT2D eigenvalue weighted by Gasteiger charge is -2.14. The third-order valence-corrected chi connectivity index (χ3v) is 14.8. The van der Waals surface area contributed by atoms with E-state index in [2.05, 4.69) is 36.7 Å². The average molecular weight is 845 g/mol. The highest BCUT2D eigenvalue weighted by molar-refractivity contribution is 7.19. The standard InChI is InChI=1S/C46H38F2N4S5/c1-3-5-7-11-27-15-17-29(31(47)25-27)33-19-21-35(55-33)39-43-44(50-42(38-14-10-24-54-38)41(49-43)37-13-9-23-53-37)40(46-45(39)51-57-52-46)36-22-20-34(56-36)30-18-16-28(26-32(30)48)12-8-6-4-2/h9-10,13-26H,3-8,11-12H2,1-2H3. The lowest BCUT2D eigenvalue weighted by molar-refractivity contribution is 0.626. The molecule has 0 fully saturated rings. The number of thiophene rings is 4. The topological polar surface area (TPSA) is 51.6 Å². The summed E-state index contributed by atoms with van der Waals surface area (Å²) < 4.78 is 41.3. The summed E-state index contributed by atoms with van der Waals surface area (Å²) in [5.41, 5.74) is 9.29. The molecule has 0 aliphatic rings. The second kappa shape index (κ2) is 16.8. The molecule has 0 spiro atoms. The van der Waals surface area contributed by atoms with Crippen LogP contribution in [0.5, 0.6) is 0 Å². The maximum Gasteiger partial charge on any atom is 0.132 e. The maximum atomic E-state index is 15.7. The van der Waals surface area contributed by atoms with Crippen LogP contribution in [0.3, 0.4) is 0 Å². The van der Waals surface area contributed by atoms with Gasteiger partial charge in [-0.25, -0.2) is 18.7 Å². The largest absolute Gasteiger partial charge is 0.242 e. The minimum absolute atomic E-state index is 0.213. The van der Waals surface area contributed by atoms with Crippen LogP contribution in [0.15, 0.2) is 95.7 Å². The van der Waals surface area contributed by atoms with Crippen molar-refractivity contribution in [3.8, 4) is 62.9 Å². The molecule has 6 heterocycles. The summed E-state index contributed by atoms with van der Waals surface area (Å²) in [5, 5.41) is 4.11. The Morgan fingerprint density at radius 2 is 0.947 bits per heavy atom. The molecule has 0 radical (unpaired) electrons. The van der Waals surface area contributed by atoms with Gasteiger partial charge in [-0.15, -0.1) is 45.3 Å². The molecule has 0 unspecified atom stereocenters. The zero-order valence-electron chi connectivity index (χ0n) is 31.5. The zero-order chi connectivity index (χ0) is 38.9. The van der Waals surface area contributed by atoms with Gasteiger partial charge >= 0.3 is 0 Å². The zero-order valence-corrected chi connectivity index (χ0v) is 35.6. The fraction of sp³-hybridized carbons (Fsp3) is 0.217. The normalized spacial score (nSPS) is 11.7. The minimum Gasteiger partial charge on any atom is -0.242 e. The van der Waals surface area contributed by atoms with Crippen LogP contribution in [-0.2, 0) is 12.8 Å². The monoisotopic (exact) mass is 844 g/mol. The van der Waals surface area contributed by atoms with E-state index >= 15 is 8.78 Å². The van der Waals surface area contributed by atoms with Gasteiger partial charge in [0.2, 0.25) is 0 Å². The summed E-state index contributed by atoms with van der Waals surface area (Å²) in [6.45, 7) is 4.36. The Kier molecular flexibility index (Phi) is 11.2. The molecule has 286 valence electrons. The van der Waals surface area contributed by atoms with Crippen molar-refractivity contribution in [2.75, 3.05) is 0 Å². The van der Waals surface area contributed by atoms with Crippen LogP contribution >= 0.6 is 57.1 Å². The summed E-state index contributed by atoms with van der Waals surface area (Å²) in [6.07, 6.45) is 8.39. The van der Waals surface area contributed by atoms with Crippen molar-refractivity contribution in [3.05, 3.63) is 118 Å². The van der Waals surface area contributed by atoms with Crippen LogP contribution < -0.4 is 0 Å². The van der Waals surface area contributed by atoms with E-state index in [4.69, 9.17) is 18.7 Å². The predicted molar refractivity (Wildman–Crippen MR) is 241 cm³/mol. The van der Waals surface area contributed by atoms with Gasteiger partial charge in [0.1, 0.15) is 45.1 Å². The van der Waals surface area contributed by atoms with E-state index < -0.39 is 0 Å². The lowest BCUT2D eigenvalue weighted by atomic mass is 10.0. The Hall–Kier alpha value is -4.52. The number of aromatic nitrogens is 4. The molecule has 0 saturated heterocycles. The molecular weight excluding hydrogens is 807 g/mol. The molecule has 0 aliphatic carbocycles. The lowest BCUT2D eigenvalue weighted by Crippen LogP contribution is -1.98. The van der Waals surface area contributed by atoms with E-state index in [0.717, 1.165) is 137 Å². The fourth-order valence-electron chi connectivity index (χ4n) is 7.38. The van der Waals surface area contributed by atoms with E-state index in [0.29, 0.717) is 22.2 Å². The molecule has 0 saturated carbocycles. The first-order valence-electron chi connectivity index (χ1n) is 19.4. The molecule has 57 heavy (non-hydrogen) atoms. The number of unbranched alkanes of at least 4 members (excludes halogenated alkanes) is 4. The molecule has 0 bridgehead atoms. The molecule has 0 aliphatic heterocycles. The fourth-order valence-corrected chi connectivity index (χ4v) is 11.5. The van der Waals surface area contributed by atoms with E-state index in [-0.39, 0.29) is 11.6 Å². The third-order valence-electron chi connectivity index (χ3n) is 10.3. The van der Waals surface area contributed by atoms with Gasteiger partial charge in [0, 0.05) is 41.8 Å². The van der Waals surface area contributed by atoms with Gasteiger partial charge in [-0.3, -0.25) is 0 Å². The van der Waals surface area contributed by atoms with E-state index in [1.165, 1.54) is 22.7 Å². The number of halogens is 2. The number of benzene rings is 3. The number of rotatable bonds is 14. The number of aryl methyl sites for hydroxylation is 2. The summed E-state index contributed by atoms with van der Waals surface area (Å²) in [4.78, 5) is 16.5. The van der Waals surface area contributed by atoms with Crippen molar-refractivity contribution in [3.63, 3.8) is 0 Å². The Balaban J connectivity index is 1.22. The van der Waals surface area contributed by atoms with Crippen LogP contribution in [0.4, 0.5) is 8.78 Å². The number of hydrogen-bond donors (Lipinski definition) is 0. The molecule has 9 rings (SSSR count). The molecule has 0 atom stereocenters.